The number of carboxylic acids is 1. The minimum atomic E-state index is -0.886. The van der Waals surface area contributed by atoms with E-state index >= 15 is 0 Å². The van der Waals surface area contributed by atoms with Crippen molar-refractivity contribution in [3.05, 3.63) is 60.8 Å². The van der Waals surface area contributed by atoms with Gasteiger partial charge in [0.05, 0.1) is 34.4 Å². The number of rotatable bonds is 33. The first-order valence-corrected chi connectivity index (χ1v) is 19.3. The van der Waals surface area contributed by atoms with E-state index in [1.54, 1.807) is 0 Å². The Bertz CT molecular complexity index is 1010. The summed E-state index contributed by atoms with van der Waals surface area (Å²) >= 11 is 0. The molecule has 2 atom stereocenters. The predicted octanol–water partition coefficient (Wildman–Crippen LogP) is 9.85. The fraction of sp³-hybridized carbons (Fsp3) is 0.690. The van der Waals surface area contributed by atoms with Crippen molar-refractivity contribution in [2.75, 3.05) is 41.0 Å². The molecule has 0 radical (unpaired) electrons. The normalized spacial score (nSPS) is 13.7. The largest absolute Gasteiger partial charge is 0.477 e. The molecule has 1 N–H and O–H groups in total. The van der Waals surface area contributed by atoms with Gasteiger partial charge in [0.1, 0.15) is 6.61 Å². The first-order valence-electron chi connectivity index (χ1n) is 19.3. The Morgan fingerprint density at radius 2 is 1.12 bits per heavy atom. The molecule has 0 amide bonds. The number of hydrogen-bond donors (Lipinski definition) is 1. The Hall–Kier alpha value is -2.97. The highest BCUT2D eigenvalue weighted by molar-refractivity contribution is 5.72. The van der Waals surface area contributed by atoms with E-state index in [-0.39, 0.29) is 42.7 Å². The SMILES string of the molecule is CC/C=C/C/C=C/C/C=C/C/C=C/C/C=C/CCCC(=O)OCC(COCCC(C(=O)O)[N+](C)(C)C)OC(=O)CCCCCCCCCCC. The van der Waals surface area contributed by atoms with Gasteiger partial charge in [-0.2, -0.15) is 0 Å². The van der Waals surface area contributed by atoms with E-state index in [2.05, 4.69) is 74.6 Å². The van der Waals surface area contributed by atoms with Crippen molar-refractivity contribution in [1.29, 1.82) is 0 Å². The summed E-state index contributed by atoms with van der Waals surface area (Å²) in [7, 11) is 5.49. The topological polar surface area (TPSA) is 99.1 Å². The van der Waals surface area contributed by atoms with Crippen LogP contribution in [0.25, 0.3) is 0 Å². The number of esters is 2. The lowest BCUT2D eigenvalue weighted by atomic mass is 10.1. The molecule has 0 aliphatic carbocycles. The Morgan fingerprint density at radius 3 is 1.64 bits per heavy atom. The number of aliphatic carboxylic acids is 1. The highest BCUT2D eigenvalue weighted by Crippen LogP contribution is 2.13. The number of carbonyl (C=O) groups is 3. The maximum absolute atomic E-state index is 12.6. The summed E-state index contributed by atoms with van der Waals surface area (Å²) in [5.74, 6) is -1.55. The van der Waals surface area contributed by atoms with Crippen LogP contribution < -0.4 is 0 Å². The summed E-state index contributed by atoms with van der Waals surface area (Å²) in [6.07, 6.45) is 38.5. The smallest absolute Gasteiger partial charge is 0.362 e. The van der Waals surface area contributed by atoms with Gasteiger partial charge < -0.3 is 23.8 Å². The van der Waals surface area contributed by atoms with E-state index in [9.17, 15) is 19.5 Å². The van der Waals surface area contributed by atoms with Gasteiger partial charge in [-0.1, -0.05) is 126 Å². The van der Waals surface area contributed by atoms with Crippen LogP contribution in [0.1, 0.15) is 136 Å². The molecule has 0 fully saturated rings. The molecule has 0 aliphatic rings. The Kier molecular flexibility index (Phi) is 31.2. The maximum Gasteiger partial charge on any atom is 0.362 e. The Labute approximate surface area is 305 Å². The molecule has 0 saturated heterocycles. The lowest BCUT2D eigenvalue weighted by Gasteiger charge is -2.31. The molecule has 50 heavy (non-hydrogen) atoms. The summed E-state index contributed by atoms with van der Waals surface area (Å²) in [5.41, 5.74) is 0. The van der Waals surface area contributed by atoms with Crippen molar-refractivity contribution in [1.82, 2.24) is 0 Å². The van der Waals surface area contributed by atoms with E-state index in [1.807, 2.05) is 21.1 Å². The van der Waals surface area contributed by atoms with E-state index in [0.717, 1.165) is 57.8 Å². The van der Waals surface area contributed by atoms with Crippen LogP contribution in [0, 0.1) is 0 Å². The number of carbonyl (C=O) groups excluding carboxylic acids is 2. The first kappa shape index (κ1) is 47.0. The van der Waals surface area contributed by atoms with Gasteiger partial charge >= 0.3 is 17.9 Å². The molecule has 2 unspecified atom stereocenters. The number of allylic oxidation sites excluding steroid dienone is 10. The van der Waals surface area contributed by atoms with Crippen LogP contribution in [0.3, 0.4) is 0 Å². The van der Waals surface area contributed by atoms with Crippen LogP contribution >= 0.6 is 0 Å². The fourth-order valence-corrected chi connectivity index (χ4v) is 5.18. The second kappa shape index (κ2) is 33.2. The zero-order valence-electron chi connectivity index (χ0n) is 32.3. The van der Waals surface area contributed by atoms with Crippen LogP contribution in [0.15, 0.2) is 60.8 Å². The molecule has 8 heteroatoms. The molecular weight excluding hydrogens is 630 g/mol. The maximum atomic E-state index is 12.6. The third-order valence-electron chi connectivity index (χ3n) is 8.18. The van der Waals surface area contributed by atoms with Gasteiger partial charge in [0, 0.05) is 19.3 Å². The number of carboxylic acid groups (broad SMARTS) is 1. The number of hydrogen-bond acceptors (Lipinski definition) is 6. The molecule has 0 aliphatic heterocycles. The first-order chi connectivity index (χ1) is 24.1. The minimum absolute atomic E-state index is 0.0420. The quantitative estimate of drug-likeness (QED) is 0.0315. The average molecular weight is 703 g/mol. The van der Waals surface area contributed by atoms with Crippen molar-refractivity contribution >= 4 is 17.9 Å². The standard InChI is InChI=1S/C42H71NO7/c1-6-8-10-12-14-16-17-18-19-20-21-22-23-25-26-28-30-32-40(44)49-37-38(36-48-35-34-39(42(46)47)43(3,4)5)50-41(45)33-31-29-27-24-15-13-11-9-7-2/h8,10,14,16,18-19,21-22,25-26,38-39H,6-7,9,11-13,15,17,20,23-24,27-37H2,1-5H3/p+1/b10-8+,16-14+,19-18+,22-21+,26-25+. The fourth-order valence-electron chi connectivity index (χ4n) is 5.18. The molecule has 0 rings (SSSR count). The summed E-state index contributed by atoms with van der Waals surface area (Å²) in [6.45, 7) is 4.51. The summed E-state index contributed by atoms with van der Waals surface area (Å²) < 4.78 is 17.1. The molecule has 0 bridgehead atoms. The Balaban J connectivity index is 4.48. The van der Waals surface area contributed by atoms with Crippen molar-refractivity contribution in [3.63, 3.8) is 0 Å². The van der Waals surface area contributed by atoms with Crippen LogP contribution in [0.5, 0.6) is 0 Å². The second-order valence-corrected chi connectivity index (χ2v) is 13.8. The Morgan fingerprint density at radius 1 is 0.620 bits per heavy atom. The predicted molar refractivity (Wildman–Crippen MR) is 206 cm³/mol. The molecule has 0 heterocycles. The molecule has 8 nitrogen and oxygen atoms in total. The van der Waals surface area contributed by atoms with Gasteiger partial charge in [-0.15, -0.1) is 0 Å². The summed E-state index contributed by atoms with van der Waals surface area (Å²) in [6, 6.07) is -0.622. The number of likely N-dealkylation sites (N-methyl/N-ethyl adjacent to an activating group) is 1. The third-order valence-corrected chi connectivity index (χ3v) is 8.18. The summed E-state index contributed by atoms with van der Waals surface area (Å²) in [4.78, 5) is 36.7. The average Bonchev–Trinajstić information content (AvgIpc) is 3.06. The molecule has 286 valence electrons. The zero-order valence-corrected chi connectivity index (χ0v) is 32.3. The van der Waals surface area contributed by atoms with Crippen LogP contribution in [-0.2, 0) is 28.6 Å². The second-order valence-electron chi connectivity index (χ2n) is 13.8. The number of unbranched alkanes of at least 4 members (excludes halogenated alkanes) is 9. The van der Waals surface area contributed by atoms with Gasteiger partial charge in [-0.3, -0.25) is 9.59 Å². The highest BCUT2D eigenvalue weighted by Gasteiger charge is 2.31. The lowest BCUT2D eigenvalue weighted by molar-refractivity contribution is -0.887. The molecular formula is C42H72NO7+. The summed E-state index contributed by atoms with van der Waals surface area (Å²) in [5, 5.41) is 9.57. The third kappa shape index (κ3) is 31.0. The van der Waals surface area contributed by atoms with Gasteiger partial charge in [0.25, 0.3) is 0 Å². The van der Waals surface area contributed by atoms with E-state index < -0.39 is 18.1 Å². The van der Waals surface area contributed by atoms with Crippen molar-refractivity contribution in [3.8, 4) is 0 Å². The van der Waals surface area contributed by atoms with E-state index in [4.69, 9.17) is 14.2 Å². The van der Waals surface area contributed by atoms with Crippen LogP contribution in [0.2, 0.25) is 0 Å². The van der Waals surface area contributed by atoms with Gasteiger partial charge in [-0.25, -0.2) is 4.79 Å². The van der Waals surface area contributed by atoms with Gasteiger partial charge in [0.2, 0.25) is 0 Å². The van der Waals surface area contributed by atoms with Crippen LogP contribution in [0.4, 0.5) is 0 Å². The van der Waals surface area contributed by atoms with E-state index in [1.165, 1.54) is 38.5 Å². The van der Waals surface area contributed by atoms with Crippen molar-refractivity contribution in [2.24, 2.45) is 0 Å². The van der Waals surface area contributed by atoms with Crippen molar-refractivity contribution < 1.29 is 38.2 Å². The molecule has 0 saturated carbocycles. The molecule has 0 aromatic rings. The van der Waals surface area contributed by atoms with Crippen LogP contribution in [-0.4, -0.2) is 80.6 Å². The zero-order chi connectivity index (χ0) is 37.1. The monoisotopic (exact) mass is 703 g/mol. The number of quaternary nitrogens is 1. The number of ether oxygens (including phenoxy) is 3. The molecule has 0 aromatic heterocycles. The molecule has 0 aromatic carbocycles. The van der Waals surface area contributed by atoms with Gasteiger partial charge in [-0.05, 0) is 51.4 Å². The lowest BCUT2D eigenvalue weighted by Crippen LogP contribution is -2.50. The van der Waals surface area contributed by atoms with Crippen molar-refractivity contribution in [2.45, 2.75) is 148 Å². The molecule has 0 spiro atoms. The van der Waals surface area contributed by atoms with Gasteiger partial charge in [0.15, 0.2) is 12.1 Å². The minimum Gasteiger partial charge on any atom is -0.477 e. The highest BCUT2D eigenvalue weighted by atomic mass is 16.6. The van der Waals surface area contributed by atoms with E-state index in [0.29, 0.717) is 19.3 Å². The number of nitrogens with zero attached hydrogens (tertiary/aromatic N) is 1.